The number of halogens is 2. The van der Waals surface area contributed by atoms with Crippen LogP contribution < -0.4 is 4.74 Å². The molecule has 5 aromatic carbocycles. The van der Waals surface area contributed by atoms with E-state index in [9.17, 15) is 9.59 Å². The van der Waals surface area contributed by atoms with Gasteiger partial charge < -0.3 is 9.64 Å². The number of fused-ring (bicyclic) bond motifs is 2. The van der Waals surface area contributed by atoms with E-state index in [0.29, 0.717) is 56.8 Å². The number of hydrogen-bond donors (Lipinski definition) is 0. The van der Waals surface area contributed by atoms with E-state index in [1.807, 2.05) is 79.7 Å². The summed E-state index contributed by atoms with van der Waals surface area (Å²) < 4.78 is 5.97. The Morgan fingerprint density at radius 1 is 0.805 bits per heavy atom. The highest BCUT2D eigenvalue weighted by Gasteiger charge is 2.34. The van der Waals surface area contributed by atoms with E-state index in [-0.39, 0.29) is 11.8 Å². The lowest BCUT2D eigenvalue weighted by Crippen LogP contribution is -2.43. The molecule has 41 heavy (non-hydrogen) atoms. The van der Waals surface area contributed by atoms with Gasteiger partial charge in [-0.2, -0.15) is 0 Å². The number of ether oxygens (including phenoxy) is 1. The molecular formula is C33H25Cl2N3O3. The van der Waals surface area contributed by atoms with E-state index < -0.39 is 0 Å². The third kappa shape index (κ3) is 5.30. The summed E-state index contributed by atoms with van der Waals surface area (Å²) in [4.78, 5) is 35.4. The van der Waals surface area contributed by atoms with Crippen molar-refractivity contribution >= 4 is 68.5 Å². The van der Waals surface area contributed by atoms with Crippen molar-refractivity contribution in [3.8, 4) is 11.5 Å². The van der Waals surface area contributed by atoms with E-state index in [1.54, 1.807) is 30.5 Å². The lowest BCUT2D eigenvalue weighted by atomic mass is 9.89. The summed E-state index contributed by atoms with van der Waals surface area (Å²) in [7, 11) is 3.83. The van der Waals surface area contributed by atoms with Crippen LogP contribution in [0.1, 0.15) is 26.3 Å². The van der Waals surface area contributed by atoms with Crippen molar-refractivity contribution in [1.29, 1.82) is 0 Å². The first-order valence-corrected chi connectivity index (χ1v) is 13.8. The number of carbonyl (C=O) groups is 2. The number of likely N-dealkylation sites (N-methyl/N-ethyl adjacent to an activating group) is 1. The van der Waals surface area contributed by atoms with Crippen LogP contribution >= 0.6 is 23.2 Å². The molecule has 6 nitrogen and oxygen atoms in total. The van der Waals surface area contributed by atoms with E-state index >= 15 is 0 Å². The average Bonchev–Trinajstić information content (AvgIpc) is 2.93. The predicted molar refractivity (Wildman–Crippen MR) is 166 cm³/mol. The number of amides is 2. The van der Waals surface area contributed by atoms with Gasteiger partial charge in [0.05, 0.1) is 11.3 Å². The third-order valence-electron chi connectivity index (χ3n) is 6.97. The van der Waals surface area contributed by atoms with Crippen LogP contribution in [0.4, 0.5) is 5.69 Å². The molecule has 1 heterocycles. The Morgan fingerprint density at radius 3 is 2.27 bits per heavy atom. The van der Waals surface area contributed by atoms with Crippen LogP contribution in [-0.4, -0.2) is 55.0 Å². The zero-order chi connectivity index (χ0) is 28.7. The molecule has 6 rings (SSSR count). The second-order valence-electron chi connectivity index (χ2n) is 10.1. The number of aliphatic imine (C=N–C) groups is 1. The Hall–Kier alpha value is -4.23. The molecule has 0 N–H and O–H groups in total. The molecule has 8 heteroatoms. The van der Waals surface area contributed by atoms with E-state index in [4.69, 9.17) is 32.9 Å². The molecule has 1 aliphatic rings. The molecule has 1 aliphatic heterocycles. The molecule has 0 saturated carbocycles. The smallest absolute Gasteiger partial charge is 0.262 e. The number of carbonyl (C=O) groups excluding carboxylic acids is 2. The Labute approximate surface area is 247 Å². The van der Waals surface area contributed by atoms with Crippen molar-refractivity contribution in [2.45, 2.75) is 0 Å². The standard InChI is InChI=1S/C33H25Cl2N3O3/c1-37(2)12-13-38-32(39)27-10-4-7-21-15-22-8-5-11-28(30(22)31(29(21)27)33(38)40)36-19-20-6-3-9-25(14-20)41-26-17-23(34)16-24(35)18-26/h3-11,14-19H,12-13H2,1-2H3/b36-19+. The monoisotopic (exact) mass is 581 g/mol. The molecular weight excluding hydrogens is 557 g/mol. The summed E-state index contributed by atoms with van der Waals surface area (Å²) >= 11 is 12.2. The molecule has 0 fully saturated rings. The fourth-order valence-corrected chi connectivity index (χ4v) is 5.62. The van der Waals surface area contributed by atoms with Gasteiger partial charge in [-0.15, -0.1) is 0 Å². The van der Waals surface area contributed by atoms with Gasteiger partial charge in [0.15, 0.2) is 0 Å². The summed E-state index contributed by atoms with van der Waals surface area (Å²) in [6.45, 7) is 0.866. The Kier molecular flexibility index (Phi) is 7.22. The highest BCUT2D eigenvalue weighted by molar-refractivity contribution is 6.35. The summed E-state index contributed by atoms with van der Waals surface area (Å²) in [6, 6.07) is 25.9. The Bertz CT molecular complexity index is 1860. The van der Waals surface area contributed by atoms with Crippen LogP contribution in [0.15, 0.2) is 89.9 Å². The second-order valence-corrected chi connectivity index (χ2v) is 11.0. The minimum absolute atomic E-state index is 0.270. The molecule has 0 saturated heterocycles. The van der Waals surface area contributed by atoms with Gasteiger partial charge in [0.2, 0.25) is 0 Å². The van der Waals surface area contributed by atoms with Crippen molar-refractivity contribution in [1.82, 2.24) is 9.80 Å². The maximum absolute atomic E-state index is 13.9. The summed E-state index contributed by atoms with van der Waals surface area (Å²) in [5, 5.41) is 4.09. The van der Waals surface area contributed by atoms with Crippen LogP contribution in [0, 0.1) is 0 Å². The zero-order valence-electron chi connectivity index (χ0n) is 22.4. The van der Waals surface area contributed by atoms with Crippen LogP contribution in [0.2, 0.25) is 10.0 Å². The number of benzene rings is 5. The maximum atomic E-state index is 13.9. The molecule has 0 atom stereocenters. The summed E-state index contributed by atoms with van der Waals surface area (Å²) in [6.07, 6.45) is 1.73. The molecule has 2 amide bonds. The first-order chi connectivity index (χ1) is 19.8. The van der Waals surface area contributed by atoms with Gasteiger partial charge >= 0.3 is 0 Å². The van der Waals surface area contributed by atoms with Crippen molar-refractivity contribution in [3.63, 3.8) is 0 Å². The first-order valence-electron chi connectivity index (χ1n) is 13.1. The van der Waals surface area contributed by atoms with Crippen LogP contribution in [0.25, 0.3) is 21.5 Å². The summed E-state index contributed by atoms with van der Waals surface area (Å²) in [5.41, 5.74) is 2.48. The topological polar surface area (TPSA) is 62.2 Å². The summed E-state index contributed by atoms with van der Waals surface area (Å²) in [5.74, 6) is 0.554. The molecule has 0 radical (unpaired) electrons. The molecule has 5 aromatic rings. The van der Waals surface area contributed by atoms with Crippen molar-refractivity contribution < 1.29 is 14.3 Å². The largest absolute Gasteiger partial charge is 0.457 e. The lowest BCUT2D eigenvalue weighted by molar-refractivity contribution is 0.0602. The number of nitrogens with zero attached hydrogens (tertiary/aromatic N) is 3. The molecule has 0 aliphatic carbocycles. The van der Waals surface area contributed by atoms with Crippen LogP contribution in [-0.2, 0) is 0 Å². The van der Waals surface area contributed by atoms with Gasteiger partial charge in [0.25, 0.3) is 11.8 Å². The average molecular weight is 582 g/mol. The van der Waals surface area contributed by atoms with Crippen molar-refractivity contribution in [2.75, 3.05) is 27.2 Å². The number of imide groups is 1. The SMILES string of the molecule is CN(C)CCN1C(=O)c2cccc3cc4cccc(/N=C/c5cccc(Oc6cc(Cl)cc(Cl)c6)c5)c4c(c23)C1=O. The van der Waals surface area contributed by atoms with Gasteiger partial charge in [-0.1, -0.05) is 59.6 Å². The van der Waals surface area contributed by atoms with Crippen LogP contribution in [0.3, 0.4) is 0 Å². The van der Waals surface area contributed by atoms with Crippen molar-refractivity contribution in [2.24, 2.45) is 4.99 Å². The Balaban J connectivity index is 1.42. The van der Waals surface area contributed by atoms with E-state index in [1.165, 1.54) is 4.90 Å². The van der Waals surface area contributed by atoms with E-state index in [2.05, 4.69) is 0 Å². The van der Waals surface area contributed by atoms with Gasteiger partial charge in [-0.25, -0.2) is 0 Å². The number of rotatable bonds is 7. The molecule has 0 unspecified atom stereocenters. The highest BCUT2D eigenvalue weighted by Crippen LogP contribution is 2.40. The molecule has 0 aromatic heterocycles. The first kappa shape index (κ1) is 27.0. The fourth-order valence-electron chi connectivity index (χ4n) is 5.11. The molecule has 0 spiro atoms. The van der Waals surface area contributed by atoms with Gasteiger partial charge in [-0.3, -0.25) is 19.5 Å². The van der Waals surface area contributed by atoms with Gasteiger partial charge in [-0.05, 0) is 79.0 Å². The van der Waals surface area contributed by atoms with Gasteiger partial charge in [0, 0.05) is 45.7 Å². The third-order valence-corrected chi connectivity index (χ3v) is 7.41. The van der Waals surface area contributed by atoms with E-state index in [0.717, 1.165) is 21.7 Å². The van der Waals surface area contributed by atoms with Crippen molar-refractivity contribution in [3.05, 3.63) is 112 Å². The second kappa shape index (κ2) is 11.0. The quantitative estimate of drug-likeness (QED) is 0.111. The normalized spacial score (nSPS) is 13.2. The Morgan fingerprint density at radius 2 is 1.51 bits per heavy atom. The van der Waals surface area contributed by atoms with Crippen LogP contribution in [0.5, 0.6) is 11.5 Å². The minimum Gasteiger partial charge on any atom is -0.457 e. The highest BCUT2D eigenvalue weighted by atomic mass is 35.5. The zero-order valence-corrected chi connectivity index (χ0v) is 23.9. The fraction of sp³-hybridized carbons (Fsp3) is 0.121. The number of hydrogen-bond acceptors (Lipinski definition) is 5. The maximum Gasteiger partial charge on any atom is 0.262 e. The van der Waals surface area contributed by atoms with Gasteiger partial charge in [0.1, 0.15) is 11.5 Å². The molecule has 0 bridgehead atoms. The lowest BCUT2D eigenvalue weighted by Gasteiger charge is -2.29. The molecule has 204 valence electrons. The minimum atomic E-state index is -0.301. The predicted octanol–water partition coefficient (Wildman–Crippen LogP) is 8.00.